The van der Waals surface area contributed by atoms with E-state index in [0.717, 1.165) is 6.42 Å². The fraction of sp³-hybridized carbons (Fsp3) is 0.0909. The second-order valence-electron chi connectivity index (χ2n) is 6.23. The Morgan fingerprint density at radius 3 is 2.32 bits per heavy atom. The van der Waals surface area contributed by atoms with Gasteiger partial charge >= 0.3 is 0 Å². The molecule has 1 unspecified atom stereocenters. The zero-order chi connectivity index (χ0) is 14.5. The lowest BCUT2D eigenvalue weighted by Crippen LogP contribution is -2.37. The molecule has 5 rings (SSSR count). The summed E-state index contributed by atoms with van der Waals surface area (Å²) < 4.78 is 0. The maximum Gasteiger partial charge on any atom is 0.00683 e. The first-order chi connectivity index (χ1) is 10.9. The first kappa shape index (κ1) is 12.0. The zero-order valence-corrected chi connectivity index (χ0v) is 12.3. The molecule has 0 heterocycles. The van der Waals surface area contributed by atoms with Crippen molar-refractivity contribution in [3.8, 4) is 0 Å². The molecule has 0 aromatic heterocycles. The van der Waals surface area contributed by atoms with E-state index in [1.54, 1.807) is 0 Å². The Kier molecular flexibility index (Phi) is 2.42. The van der Waals surface area contributed by atoms with Gasteiger partial charge in [-0.3, -0.25) is 0 Å². The fourth-order valence-electron chi connectivity index (χ4n) is 3.78. The van der Waals surface area contributed by atoms with Crippen molar-refractivity contribution >= 4 is 34.6 Å². The highest BCUT2D eigenvalue weighted by Crippen LogP contribution is 2.23. The quantitative estimate of drug-likeness (QED) is 0.591. The normalized spacial score (nSPS) is 18.4. The van der Waals surface area contributed by atoms with Crippen LogP contribution in [-0.4, -0.2) is 0 Å². The zero-order valence-electron chi connectivity index (χ0n) is 12.3. The second-order valence-corrected chi connectivity index (χ2v) is 6.23. The molecular formula is C22H16. The molecule has 0 radical (unpaired) electrons. The molecule has 0 aliphatic heterocycles. The Morgan fingerprint density at radius 1 is 0.727 bits per heavy atom. The van der Waals surface area contributed by atoms with Crippen molar-refractivity contribution in [2.45, 2.75) is 6.42 Å². The van der Waals surface area contributed by atoms with Gasteiger partial charge in [0.25, 0.3) is 0 Å². The topological polar surface area (TPSA) is 0 Å². The lowest BCUT2D eigenvalue weighted by Gasteiger charge is -2.20. The molecule has 0 spiro atoms. The van der Waals surface area contributed by atoms with Crippen LogP contribution in [0.1, 0.15) is 6.42 Å². The van der Waals surface area contributed by atoms with Crippen LogP contribution in [0.2, 0.25) is 0 Å². The van der Waals surface area contributed by atoms with Gasteiger partial charge in [0, 0.05) is 5.92 Å². The largest absolute Gasteiger partial charge is 0.0757 e. The van der Waals surface area contributed by atoms with Crippen LogP contribution in [0.4, 0.5) is 0 Å². The predicted octanol–water partition coefficient (Wildman–Crippen LogP) is 2.07. The highest BCUT2D eigenvalue weighted by atomic mass is 14.2. The molecule has 0 N–H and O–H groups in total. The SMILES string of the molecule is C1=c2ccccc2=CC2CC=c3cc4ccccc4cc3=C12. The first-order valence-corrected chi connectivity index (χ1v) is 7.90. The lowest BCUT2D eigenvalue weighted by atomic mass is 9.84. The van der Waals surface area contributed by atoms with Crippen molar-refractivity contribution in [2.75, 3.05) is 0 Å². The van der Waals surface area contributed by atoms with Crippen molar-refractivity contribution in [3.05, 3.63) is 81.5 Å². The number of benzene rings is 3. The standard InChI is InChI=1S/C22H16/c1-3-7-17-13-21-19(11-15(17)5-1)9-10-20-12-16-6-2-4-8-18(16)14-22(20)21/h1-9,11-14,20H,10H2. The summed E-state index contributed by atoms with van der Waals surface area (Å²) in [6, 6.07) is 22.0. The van der Waals surface area contributed by atoms with Crippen LogP contribution >= 0.6 is 0 Å². The summed E-state index contributed by atoms with van der Waals surface area (Å²) in [5.74, 6) is 0.517. The third kappa shape index (κ3) is 1.70. The average Bonchev–Trinajstić information content (AvgIpc) is 2.58. The molecular weight excluding hydrogens is 264 g/mol. The summed E-state index contributed by atoms with van der Waals surface area (Å²) in [6.07, 6.45) is 8.32. The minimum absolute atomic E-state index is 0.517. The maximum atomic E-state index is 2.43. The van der Waals surface area contributed by atoms with Gasteiger partial charge in [-0.15, -0.1) is 0 Å². The van der Waals surface area contributed by atoms with E-state index in [1.807, 2.05) is 0 Å². The molecule has 104 valence electrons. The van der Waals surface area contributed by atoms with Crippen LogP contribution in [0.3, 0.4) is 0 Å². The third-order valence-electron chi connectivity index (χ3n) is 4.91. The molecule has 3 aromatic rings. The van der Waals surface area contributed by atoms with Gasteiger partial charge in [0.05, 0.1) is 0 Å². The Labute approximate surface area is 129 Å². The summed E-state index contributed by atoms with van der Waals surface area (Å²) in [4.78, 5) is 0. The maximum absolute atomic E-state index is 2.43. The van der Waals surface area contributed by atoms with E-state index in [9.17, 15) is 0 Å². The molecule has 0 nitrogen and oxygen atoms in total. The Hall–Kier alpha value is -2.60. The van der Waals surface area contributed by atoms with Gasteiger partial charge in [-0.25, -0.2) is 0 Å². The molecule has 3 aromatic carbocycles. The van der Waals surface area contributed by atoms with E-state index in [1.165, 1.54) is 37.2 Å². The third-order valence-corrected chi connectivity index (χ3v) is 4.91. The molecule has 0 bridgehead atoms. The highest BCUT2D eigenvalue weighted by molar-refractivity contribution is 5.89. The smallest absolute Gasteiger partial charge is 0.00683 e. The van der Waals surface area contributed by atoms with Crippen LogP contribution < -0.4 is 20.9 Å². The van der Waals surface area contributed by atoms with Gasteiger partial charge in [-0.05, 0) is 61.8 Å². The number of hydrogen-bond donors (Lipinski definition) is 0. The summed E-state index contributed by atoms with van der Waals surface area (Å²) in [5, 5.41) is 8.16. The molecule has 0 amide bonds. The Balaban J connectivity index is 1.94. The molecule has 0 saturated heterocycles. The molecule has 0 fully saturated rings. The van der Waals surface area contributed by atoms with Gasteiger partial charge < -0.3 is 0 Å². The van der Waals surface area contributed by atoms with Crippen molar-refractivity contribution < 1.29 is 0 Å². The van der Waals surface area contributed by atoms with Gasteiger partial charge in [-0.2, -0.15) is 0 Å². The van der Waals surface area contributed by atoms with E-state index < -0.39 is 0 Å². The van der Waals surface area contributed by atoms with Crippen molar-refractivity contribution in [2.24, 2.45) is 5.92 Å². The van der Waals surface area contributed by atoms with Crippen LogP contribution in [0.25, 0.3) is 34.6 Å². The van der Waals surface area contributed by atoms with Gasteiger partial charge in [0.2, 0.25) is 0 Å². The molecule has 2 aliphatic carbocycles. The molecule has 0 heteroatoms. The van der Waals surface area contributed by atoms with Crippen LogP contribution in [-0.2, 0) is 0 Å². The Bertz CT molecular complexity index is 1150. The Morgan fingerprint density at radius 2 is 1.45 bits per heavy atom. The minimum atomic E-state index is 0.517. The number of hydrogen-bond acceptors (Lipinski definition) is 0. The van der Waals surface area contributed by atoms with Crippen LogP contribution in [0.15, 0.2) is 60.7 Å². The minimum Gasteiger partial charge on any atom is -0.0757 e. The van der Waals surface area contributed by atoms with Gasteiger partial charge in [0.15, 0.2) is 0 Å². The summed E-state index contributed by atoms with van der Waals surface area (Å²) in [5.41, 5.74) is 1.47. The number of rotatable bonds is 0. The van der Waals surface area contributed by atoms with E-state index in [0.29, 0.717) is 5.92 Å². The van der Waals surface area contributed by atoms with E-state index in [2.05, 4.69) is 78.9 Å². The summed E-state index contributed by atoms with van der Waals surface area (Å²) >= 11 is 0. The summed E-state index contributed by atoms with van der Waals surface area (Å²) in [7, 11) is 0. The summed E-state index contributed by atoms with van der Waals surface area (Å²) in [6.45, 7) is 0. The van der Waals surface area contributed by atoms with Crippen LogP contribution in [0.5, 0.6) is 0 Å². The van der Waals surface area contributed by atoms with Crippen LogP contribution in [0, 0.1) is 5.92 Å². The average molecular weight is 280 g/mol. The highest BCUT2D eigenvalue weighted by Gasteiger charge is 2.16. The van der Waals surface area contributed by atoms with E-state index in [-0.39, 0.29) is 0 Å². The lowest BCUT2D eigenvalue weighted by molar-refractivity contribution is 0.914. The monoisotopic (exact) mass is 280 g/mol. The van der Waals surface area contributed by atoms with Crippen molar-refractivity contribution in [1.29, 1.82) is 0 Å². The van der Waals surface area contributed by atoms with Gasteiger partial charge in [-0.1, -0.05) is 60.7 Å². The second kappa shape index (κ2) is 4.45. The molecule has 1 atom stereocenters. The van der Waals surface area contributed by atoms with Gasteiger partial charge in [0.1, 0.15) is 0 Å². The van der Waals surface area contributed by atoms with E-state index >= 15 is 0 Å². The predicted molar refractivity (Wildman–Crippen MR) is 93.8 cm³/mol. The molecule has 0 saturated carbocycles. The molecule has 2 aliphatic rings. The molecule has 22 heavy (non-hydrogen) atoms. The van der Waals surface area contributed by atoms with E-state index in [4.69, 9.17) is 0 Å². The first-order valence-electron chi connectivity index (χ1n) is 7.90. The van der Waals surface area contributed by atoms with Crippen molar-refractivity contribution in [3.63, 3.8) is 0 Å². The fourth-order valence-corrected chi connectivity index (χ4v) is 3.78. The number of fused-ring (bicyclic) bond motifs is 4. The van der Waals surface area contributed by atoms with Crippen molar-refractivity contribution in [1.82, 2.24) is 0 Å².